The monoisotopic (exact) mass is 360 g/mol. The van der Waals surface area contributed by atoms with Crippen LogP contribution in [-0.4, -0.2) is 6.29 Å². The molecule has 2 rings (SSSR count). The van der Waals surface area contributed by atoms with Gasteiger partial charge in [-0.25, -0.2) is 8.78 Å². The van der Waals surface area contributed by atoms with E-state index in [1.165, 1.54) is 0 Å². The minimum Gasteiger partial charge on any atom is -0.451 e. The highest BCUT2D eigenvalue weighted by Gasteiger charge is 2.65. The van der Waals surface area contributed by atoms with Crippen LogP contribution in [0.25, 0.3) is 0 Å². The van der Waals surface area contributed by atoms with Crippen LogP contribution in [0.5, 0.6) is 11.5 Å². The van der Waals surface area contributed by atoms with Crippen molar-refractivity contribution in [3.63, 3.8) is 0 Å². The summed E-state index contributed by atoms with van der Waals surface area (Å²) >= 11 is 0. The van der Waals surface area contributed by atoms with E-state index in [1.54, 1.807) is 0 Å². The zero-order chi connectivity index (χ0) is 17.5. The molecule has 0 aromatic heterocycles. The fourth-order valence-electron chi connectivity index (χ4n) is 1.64. The number of ether oxygens (including phenoxy) is 1. The molecule has 0 radical (unpaired) electrons. The fraction of sp³-hybridized carbons (Fsp3) is 0. The van der Waals surface area contributed by atoms with Gasteiger partial charge in [0.05, 0.1) is 0 Å². The molecule has 0 unspecified atom stereocenters. The Kier molecular flexibility index (Phi) is 3.45. The molecule has 10 heteroatoms. The Morgan fingerprint density at radius 3 is 1.96 bits per heavy atom. The molecule has 0 amide bonds. The first-order valence-corrected chi connectivity index (χ1v) is 7.71. The summed E-state index contributed by atoms with van der Waals surface area (Å²) in [7, 11) is -9.95. The van der Waals surface area contributed by atoms with Crippen molar-refractivity contribution in [2.24, 2.45) is 0 Å². The van der Waals surface area contributed by atoms with E-state index in [1.807, 2.05) is 0 Å². The SMILES string of the molecule is O=Cc1cc(F)c(Oc2cccc(S(F)(F)(F)(F)F)c2)c(F)c1. The highest BCUT2D eigenvalue weighted by molar-refractivity contribution is 8.45. The summed E-state index contributed by atoms with van der Waals surface area (Å²) < 4.78 is 95.2. The second kappa shape index (κ2) is 4.63. The normalized spacial score (nSPS) is 14.7. The molecule has 2 nitrogen and oxygen atoms in total. The third-order valence-electron chi connectivity index (χ3n) is 2.63. The van der Waals surface area contributed by atoms with E-state index in [9.17, 15) is 33.0 Å². The second-order valence-electron chi connectivity index (χ2n) is 4.48. The summed E-state index contributed by atoms with van der Waals surface area (Å²) in [6, 6.07) is 2.65. The van der Waals surface area contributed by atoms with Gasteiger partial charge in [0.1, 0.15) is 16.9 Å². The van der Waals surface area contributed by atoms with Crippen molar-refractivity contribution in [1.82, 2.24) is 0 Å². The Hall–Kier alpha value is -2.23. The third kappa shape index (κ3) is 3.95. The average molecular weight is 360 g/mol. The Bertz CT molecular complexity index is 764. The summed E-state index contributed by atoms with van der Waals surface area (Å²) in [5.41, 5.74) is -0.367. The molecule has 0 bridgehead atoms. The van der Waals surface area contributed by atoms with Crippen LogP contribution in [-0.2, 0) is 0 Å². The van der Waals surface area contributed by atoms with Crippen LogP contribution in [0.15, 0.2) is 41.3 Å². The molecule has 0 aliphatic heterocycles. The molecule has 0 fully saturated rings. The standard InChI is InChI=1S/C13H7F7O2S/c14-11-4-8(7-21)5-12(15)13(11)22-9-2-1-3-10(6-9)23(16,17,18,19)20/h1-7H. The van der Waals surface area contributed by atoms with Crippen LogP contribution in [0.1, 0.15) is 10.4 Å². The highest BCUT2D eigenvalue weighted by atomic mass is 32.5. The van der Waals surface area contributed by atoms with Gasteiger partial charge in [-0.2, -0.15) is 0 Å². The Morgan fingerprint density at radius 2 is 1.48 bits per heavy atom. The molecule has 0 saturated carbocycles. The van der Waals surface area contributed by atoms with Gasteiger partial charge in [0.2, 0.25) is 0 Å². The average Bonchev–Trinajstić information content (AvgIpc) is 2.40. The van der Waals surface area contributed by atoms with E-state index in [4.69, 9.17) is 0 Å². The van der Waals surface area contributed by atoms with E-state index in [-0.39, 0.29) is 24.0 Å². The molecule has 2 aromatic carbocycles. The van der Waals surface area contributed by atoms with E-state index in [0.717, 1.165) is 6.07 Å². The molecule has 0 atom stereocenters. The van der Waals surface area contributed by atoms with Gasteiger partial charge in [0, 0.05) is 11.6 Å². The summed E-state index contributed by atoms with van der Waals surface area (Å²) in [4.78, 5) is 8.17. The Labute approximate surface area is 125 Å². The number of hydrogen-bond acceptors (Lipinski definition) is 2. The first-order valence-electron chi connectivity index (χ1n) is 5.76. The van der Waals surface area contributed by atoms with Crippen molar-refractivity contribution < 1.29 is 37.7 Å². The Morgan fingerprint density at radius 1 is 0.913 bits per heavy atom. The van der Waals surface area contributed by atoms with Crippen molar-refractivity contribution in [2.45, 2.75) is 4.90 Å². The van der Waals surface area contributed by atoms with E-state index >= 15 is 0 Å². The lowest BCUT2D eigenvalue weighted by Crippen LogP contribution is -2.06. The first-order chi connectivity index (χ1) is 10.3. The predicted octanol–water partition coefficient (Wildman–Crippen LogP) is 6.23. The van der Waals surface area contributed by atoms with Gasteiger partial charge >= 0.3 is 10.2 Å². The maximum Gasteiger partial charge on any atom is 0.310 e. The third-order valence-corrected chi connectivity index (χ3v) is 3.77. The van der Waals surface area contributed by atoms with Crippen LogP contribution in [0.4, 0.5) is 28.2 Å². The Balaban J connectivity index is 2.46. The summed E-state index contributed by atoms with van der Waals surface area (Å²) in [6.07, 6.45) is 0.144. The van der Waals surface area contributed by atoms with E-state index < -0.39 is 38.3 Å². The maximum absolute atomic E-state index is 13.6. The smallest absolute Gasteiger partial charge is 0.310 e. The van der Waals surface area contributed by atoms with Gasteiger partial charge in [-0.3, -0.25) is 4.79 Å². The number of carbonyl (C=O) groups excluding carboxylic acids is 1. The van der Waals surface area contributed by atoms with Gasteiger partial charge in [0.25, 0.3) is 0 Å². The van der Waals surface area contributed by atoms with Crippen LogP contribution in [0, 0.1) is 11.6 Å². The van der Waals surface area contributed by atoms with Gasteiger partial charge in [-0.15, -0.1) is 0 Å². The van der Waals surface area contributed by atoms with Crippen molar-refractivity contribution >= 4 is 16.5 Å². The molecule has 23 heavy (non-hydrogen) atoms. The van der Waals surface area contributed by atoms with Gasteiger partial charge in [-0.1, -0.05) is 25.5 Å². The molecule has 0 saturated heterocycles. The van der Waals surface area contributed by atoms with Crippen molar-refractivity contribution in [1.29, 1.82) is 0 Å². The number of rotatable bonds is 4. The molecule has 0 aliphatic rings. The summed E-state index contributed by atoms with van der Waals surface area (Å²) in [5, 5.41) is 0. The quantitative estimate of drug-likeness (QED) is 0.477. The number of aldehydes is 1. The lowest BCUT2D eigenvalue weighted by molar-refractivity contribution is 0.112. The topological polar surface area (TPSA) is 26.3 Å². The number of benzene rings is 2. The lowest BCUT2D eigenvalue weighted by atomic mass is 10.2. The van der Waals surface area contributed by atoms with Crippen molar-refractivity contribution in [3.8, 4) is 11.5 Å². The molecular weight excluding hydrogens is 353 g/mol. The molecule has 0 N–H and O–H groups in total. The summed E-state index contributed by atoms with van der Waals surface area (Å²) in [6.45, 7) is 0. The minimum absolute atomic E-state index is 0.0614. The zero-order valence-electron chi connectivity index (χ0n) is 10.9. The number of carbonyl (C=O) groups is 1. The van der Waals surface area contributed by atoms with Crippen LogP contribution < -0.4 is 4.74 Å². The largest absolute Gasteiger partial charge is 0.451 e. The second-order valence-corrected chi connectivity index (χ2v) is 6.89. The molecular formula is C13H7F7O2S. The van der Waals surface area contributed by atoms with E-state index in [0.29, 0.717) is 18.2 Å². The highest BCUT2D eigenvalue weighted by Crippen LogP contribution is 3.02. The minimum atomic E-state index is -9.95. The number of hydrogen-bond donors (Lipinski definition) is 0. The van der Waals surface area contributed by atoms with Crippen molar-refractivity contribution in [3.05, 3.63) is 53.6 Å². The first kappa shape index (κ1) is 17.1. The lowest BCUT2D eigenvalue weighted by Gasteiger charge is -2.40. The maximum atomic E-state index is 13.6. The predicted molar refractivity (Wildman–Crippen MR) is 69.7 cm³/mol. The summed E-state index contributed by atoms with van der Waals surface area (Å²) in [5.74, 6) is -4.70. The van der Waals surface area contributed by atoms with Crippen LogP contribution in [0.2, 0.25) is 0 Å². The van der Waals surface area contributed by atoms with Gasteiger partial charge < -0.3 is 4.74 Å². The van der Waals surface area contributed by atoms with Crippen molar-refractivity contribution in [2.75, 3.05) is 0 Å². The van der Waals surface area contributed by atoms with Crippen LogP contribution in [0.3, 0.4) is 0 Å². The van der Waals surface area contributed by atoms with E-state index in [2.05, 4.69) is 4.74 Å². The fourth-order valence-corrected chi connectivity index (χ4v) is 2.32. The molecule has 0 heterocycles. The zero-order valence-corrected chi connectivity index (χ0v) is 11.7. The molecule has 2 aromatic rings. The molecule has 0 aliphatic carbocycles. The van der Waals surface area contributed by atoms with Crippen LogP contribution >= 0.6 is 10.2 Å². The molecule has 0 spiro atoms. The van der Waals surface area contributed by atoms with Gasteiger partial charge in [0.15, 0.2) is 17.4 Å². The van der Waals surface area contributed by atoms with Gasteiger partial charge in [-0.05, 0) is 24.3 Å². The molecule has 126 valence electrons. The number of halogens is 7.